The van der Waals surface area contributed by atoms with E-state index in [0.717, 1.165) is 0 Å². The predicted octanol–water partition coefficient (Wildman–Crippen LogP) is 3.03. The summed E-state index contributed by atoms with van der Waals surface area (Å²) in [6.07, 6.45) is -6.35. The lowest BCUT2D eigenvalue weighted by Crippen LogP contribution is -2.46. The topological polar surface area (TPSA) is 118 Å². The van der Waals surface area contributed by atoms with E-state index in [1.165, 1.54) is 7.11 Å². The molecule has 0 aliphatic carbocycles. The number of hydrogen-bond donors (Lipinski definition) is 1. The molecule has 1 unspecified atom stereocenters. The Kier molecular flexibility index (Phi) is 8.63. The molecule has 9 nitrogen and oxygen atoms in total. The van der Waals surface area contributed by atoms with Gasteiger partial charge in [0.15, 0.2) is 18.5 Å². The predicted molar refractivity (Wildman–Crippen MR) is 130 cm³/mol. The van der Waals surface area contributed by atoms with Crippen LogP contribution in [0.2, 0.25) is 0 Å². The number of carbonyl (C=O) groups is 3. The van der Waals surface area contributed by atoms with Crippen molar-refractivity contribution in [3.05, 3.63) is 108 Å². The van der Waals surface area contributed by atoms with E-state index < -0.39 is 48.6 Å². The van der Waals surface area contributed by atoms with Crippen LogP contribution in [-0.4, -0.2) is 67.4 Å². The van der Waals surface area contributed by atoms with E-state index in [-0.39, 0.29) is 17.7 Å². The SMILES string of the molecule is CO[C@H](COC(=O)c1ccccc1)[C@H]1OC(O)[C@H](OC(=O)c2ccccc2)[C@H]1OC(=O)c1ccccc1. The number of ether oxygens (including phenoxy) is 5. The Hall–Kier alpha value is -4.05. The van der Waals surface area contributed by atoms with Gasteiger partial charge in [-0.05, 0) is 36.4 Å². The fourth-order valence-corrected chi connectivity index (χ4v) is 3.87. The lowest BCUT2D eigenvalue weighted by atomic mass is 10.1. The van der Waals surface area contributed by atoms with Crippen LogP contribution in [0.1, 0.15) is 31.1 Å². The third-order valence-corrected chi connectivity index (χ3v) is 5.79. The Morgan fingerprint density at radius 3 is 1.62 bits per heavy atom. The van der Waals surface area contributed by atoms with Crippen molar-refractivity contribution in [1.82, 2.24) is 0 Å². The van der Waals surface area contributed by atoms with Crippen molar-refractivity contribution in [2.75, 3.05) is 13.7 Å². The number of benzene rings is 3. The van der Waals surface area contributed by atoms with E-state index in [2.05, 4.69) is 0 Å². The van der Waals surface area contributed by atoms with Gasteiger partial charge < -0.3 is 28.8 Å². The quantitative estimate of drug-likeness (QED) is 0.345. The van der Waals surface area contributed by atoms with Crippen molar-refractivity contribution in [3.8, 4) is 0 Å². The van der Waals surface area contributed by atoms with Crippen molar-refractivity contribution in [1.29, 1.82) is 0 Å². The van der Waals surface area contributed by atoms with Crippen LogP contribution in [0.5, 0.6) is 0 Å². The lowest BCUT2D eigenvalue weighted by molar-refractivity contribution is -0.156. The molecule has 0 radical (unpaired) electrons. The van der Waals surface area contributed by atoms with E-state index in [0.29, 0.717) is 5.56 Å². The monoisotopic (exact) mass is 506 g/mol. The molecule has 3 aromatic rings. The van der Waals surface area contributed by atoms with Gasteiger partial charge >= 0.3 is 17.9 Å². The van der Waals surface area contributed by atoms with Gasteiger partial charge in [-0.3, -0.25) is 0 Å². The van der Waals surface area contributed by atoms with Gasteiger partial charge in [0.2, 0.25) is 0 Å². The van der Waals surface area contributed by atoms with Crippen LogP contribution in [-0.2, 0) is 23.7 Å². The molecule has 9 heteroatoms. The number of hydrogen-bond acceptors (Lipinski definition) is 9. The summed E-state index contributed by atoms with van der Waals surface area (Å²) in [4.78, 5) is 38.1. The normalized spacial score (nSPS) is 21.6. The number of aliphatic hydroxyl groups is 1. The molecule has 1 aliphatic rings. The Bertz CT molecular complexity index is 1180. The molecule has 0 spiro atoms. The number of methoxy groups -OCH3 is 1. The molecule has 0 bridgehead atoms. The molecule has 4 rings (SSSR count). The summed E-state index contributed by atoms with van der Waals surface area (Å²) in [7, 11) is 1.36. The number of esters is 3. The summed E-state index contributed by atoms with van der Waals surface area (Å²) in [6, 6.07) is 24.7. The van der Waals surface area contributed by atoms with Crippen LogP contribution in [0.25, 0.3) is 0 Å². The first-order chi connectivity index (χ1) is 18.0. The average Bonchev–Trinajstić information content (AvgIpc) is 3.24. The third-order valence-electron chi connectivity index (χ3n) is 5.79. The average molecular weight is 507 g/mol. The molecule has 0 aromatic heterocycles. The van der Waals surface area contributed by atoms with Gasteiger partial charge in [0.25, 0.3) is 0 Å². The molecule has 0 saturated carbocycles. The Balaban J connectivity index is 1.54. The van der Waals surface area contributed by atoms with E-state index in [1.54, 1.807) is 91.0 Å². The largest absolute Gasteiger partial charge is 0.459 e. The standard InChI is InChI=1S/C28H26O9/c1-33-21(17-34-25(29)18-11-5-2-6-12-18)22-23(36-26(30)19-13-7-3-8-14-19)24(28(32)35-22)37-27(31)20-15-9-4-10-16-20/h2-16,21-24,28,32H,17H2,1H3/t21-,22-,23+,24-,28?/m1/s1. The molecular weight excluding hydrogens is 480 g/mol. The molecular formula is C28H26O9. The molecule has 37 heavy (non-hydrogen) atoms. The van der Waals surface area contributed by atoms with Gasteiger partial charge in [0.1, 0.15) is 18.8 Å². The van der Waals surface area contributed by atoms with E-state index in [4.69, 9.17) is 23.7 Å². The number of carbonyl (C=O) groups excluding carboxylic acids is 3. The van der Waals surface area contributed by atoms with Crippen molar-refractivity contribution >= 4 is 17.9 Å². The minimum atomic E-state index is -1.63. The van der Waals surface area contributed by atoms with Crippen LogP contribution >= 0.6 is 0 Å². The molecule has 3 aromatic carbocycles. The molecule has 1 fully saturated rings. The van der Waals surface area contributed by atoms with Crippen molar-refractivity contribution in [2.24, 2.45) is 0 Å². The molecule has 1 heterocycles. The van der Waals surface area contributed by atoms with Crippen molar-refractivity contribution in [2.45, 2.75) is 30.7 Å². The van der Waals surface area contributed by atoms with Crippen molar-refractivity contribution in [3.63, 3.8) is 0 Å². The fourth-order valence-electron chi connectivity index (χ4n) is 3.87. The Morgan fingerprint density at radius 2 is 1.16 bits per heavy atom. The van der Waals surface area contributed by atoms with Gasteiger partial charge in [0.05, 0.1) is 16.7 Å². The fraction of sp³-hybridized carbons (Fsp3) is 0.250. The second-order valence-electron chi connectivity index (χ2n) is 8.20. The van der Waals surface area contributed by atoms with Gasteiger partial charge in [0, 0.05) is 7.11 Å². The van der Waals surface area contributed by atoms with Crippen LogP contribution in [0, 0.1) is 0 Å². The Morgan fingerprint density at radius 1 is 0.730 bits per heavy atom. The first-order valence-corrected chi connectivity index (χ1v) is 11.6. The molecule has 192 valence electrons. The zero-order chi connectivity index (χ0) is 26.2. The highest BCUT2D eigenvalue weighted by molar-refractivity contribution is 5.90. The van der Waals surface area contributed by atoms with Crippen LogP contribution in [0.3, 0.4) is 0 Å². The van der Waals surface area contributed by atoms with Gasteiger partial charge in [-0.25, -0.2) is 14.4 Å². The zero-order valence-corrected chi connectivity index (χ0v) is 20.0. The second-order valence-corrected chi connectivity index (χ2v) is 8.20. The third kappa shape index (κ3) is 6.39. The first-order valence-electron chi connectivity index (χ1n) is 11.6. The highest BCUT2D eigenvalue weighted by Crippen LogP contribution is 2.30. The molecule has 0 amide bonds. The van der Waals surface area contributed by atoms with E-state index in [1.807, 2.05) is 0 Å². The maximum absolute atomic E-state index is 12.9. The minimum Gasteiger partial charge on any atom is -0.459 e. The molecule has 1 aliphatic heterocycles. The highest BCUT2D eigenvalue weighted by Gasteiger charge is 2.52. The summed E-state index contributed by atoms with van der Waals surface area (Å²) >= 11 is 0. The highest BCUT2D eigenvalue weighted by atomic mass is 16.7. The van der Waals surface area contributed by atoms with Gasteiger partial charge in [-0.15, -0.1) is 0 Å². The van der Waals surface area contributed by atoms with Crippen molar-refractivity contribution < 1.29 is 43.2 Å². The van der Waals surface area contributed by atoms with Gasteiger partial charge in [-0.2, -0.15) is 0 Å². The summed E-state index contributed by atoms with van der Waals surface area (Å²) < 4.78 is 27.7. The Labute approximate surface area is 213 Å². The maximum atomic E-state index is 12.9. The van der Waals surface area contributed by atoms with E-state index >= 15 is 0 Å². The van der Waals surface area contributed by atoms with E-state index in [9.17, 15) is 19.5 Å². The van der Waals surface area contributed by atoms with Gasteiger partial charge in [-0.1, -0.05) is 54.6 Å². The second kappa shape index (κ2) is 12.3. The molecule has 1 N–H and O–H groups in total. The summed E-state index contributed by atoms with van der Waals surface area (Å²) in [5, 5.41) is 10.7. The molecule has 5 atom stereocenters. The first kappa shape index (κ1) is 26.0. The van der Waals surface area contributed by atoms with Crippen LogP contribution in [0.4, 0.5) is 0 Å². The maximum Gasteiger partial charge on any atom is 0.338 e. The number of aliphatic hydroxyl groups excluding tert-OH is 1. The summed E-state index contributed by atoms with van der Waals surface area (Å²) in [5.41, 5.74) is 0.832. The number of rotatable bonds is 9. The summed E-state index contributed by atoms with van der Waals surface area (Å²) in [5.74, 6) is -2.05. The van der Waals surface area contributed by atoms with Crippen LogP contribution in [0.15, 0.2) is 91.0 Å². The minimum absolute atomic E-state index is 0.242. The molecule has 1 saturated heterocycles. The summed E-state index contributed by atoms with van der Waals surface area (Å²) in [6.45, 7) is -0.277. The zero-order valence-electron chi connectivity index (χ0n) is 20.0. The smallest absolute Gasteiger partial charge is 0.338 e. The lowest BCUT2D eigenvalue weighted by Gasteiger charge is -2.27. The van der Waals surface area contributed by atoms with Crippen LogP contribution < -0.4 is 0 Å².